The van der Waals surface area contributed by atoms with Gasteiger partial charge in [0.15, 0.2) is 16.6 Å². The second-order valence-electron chi connectivity index (χ2n) is 6.24. The van der Waals surface area contributed by atoms with E-state index in [1.165, 1.54) is 32.2 Å². The number of tetrazole rings is 1. The Hall–Kier alpha value is -4.12. The Morgan fingerprint density at radius 3 is 2.69 bits per heavy atom. The second kappa shape index (κ2) is 9.79. The number of methoxy groups -OCH3 is 2. The van der Waals surface area contributed by atoms with Gasteiger partial charge in [-0.1, -0.05) is 18.2 Å². The maximum atomic E-state index is 12.3. The van der Waals surface area contributed by atoms with Gasteiger partial charge < -0.3 is 13.9 Å². The molecule has 0 saturated carbocycles. The van der Waals surface area contributed by atoms with Crippen LogP contribution >= 0.6 is 11.8 Å². The summed E-state index contributed by atoms with van der Waals surface area (Å²) in [6.45, 7) is 0. The molecule has 0 saturated heterocycles. The van der Waals surface area contributed by atoms with Crippen LogP contribution in [0.1, 0.15) is 16.1 Å². The zero-order chi connectivity index (χ0) is 22.3. The lowest BCUT2D eigenvalue weighted by molar-refractivity contribution is 0.0954. The number of benzene rings is 2. The number of aromatic nitrogens is 4. The van der Waals surface area contributed by atoms with Gasteiger partial charge in [-0.25, -0.2) is 5.43 Å². The van der Waals surface area contributed by atoms with Crippen molar-refractivity contribution in [3.63, 3.8) is 0 Å². The van der Waals surface area contributed by atoms with Gasteiger partial charge in [0.05, 0.1) is 26.1 Å². The third-order valence-electron chi connectivity index (χ3n) is 4.24. The number of hydrazone groups is 1. The average Bonchev–Trinajstić information content (AvgIpc) is 3.49. The van der Waals surface area contributed by atoms with Crippen LogP contribution in [-0.2, 0) is 0 Å². The highest BCUT2D eigenvalue weighted by atomic mass is 32.2. The van der Waals surface area contributed by atoms with Gasteiger partial charge in [-0.2, -0.15) is 9.78 Å². The number of amides is 1. The predicted octanol–water partition coefficient (Wildman–Crippen LogP) is 3.19. The number of nitrogens with one attached hydrogen (secondary N) is 1. The third-order valence-corrected chi connectivity index (χ3v) is 5.10. The van der Waals surface area contributed by atoms with Crippen molar-refractivity contribution in [1.82, 2.24) is 25.6 Å². The molecule has 10 nitrogen and oxygen atoms in total. The molecular formula is C21H18N6O4S. The molecule has 0 aliphatic carbocycles. The van der Waals surface area contributed by atoms with Crippen molar-refractivity contribution in [3.8, 4) is 17.2 Å². The number of ether oxygens (including phenoxy) is 2. The first-order chi connectivity index (χ1) is 15.7. The molecule has 0 aliphatic rings. The molecule has 2 heterocycles. The Kier molecular flexibility index (Phi) is 6.46. The number of carbonyl (C=O) groups is 1. The van der Waals surface area contributed by atoms with Gasteiger partial charge in [-0.05, 0) is 64.7 Å². The number of para-hydroxylation sites is 1. The molecule has 32 heavy (non-hydrogen) atoms. The van der Waals surface area contributed by atoms with E-state index >= 15 is 0 Å². The van der Waals surface area contributed by atoms with Crippen LogP contribution in [0.15, 0.2) is 80.4 Å². The molecule has 4 rings (SSSR count). The fourth-order valence-corrected chi connectivity index (χ4v) is 3.48. The summed E-state index contributed by atoms with van der Waals surface area (Å²) in [5.41, 5.74) is 3.67. The first-order valence-electron chi connectivity index (χ1n) is 9.35. The van der Waals surface area contributed by atoms with Crippen LogP contribution in [0.25, 0.3) is 5.69 Å². The van der Waals surface area contributed by atoms with E-state index in [1.54, 1.807) is 35.0 Å². The average molecular weight is 450 g/mol. The molecule has 1 amide bonds. The standard InChI is InChI=1S/C21H18N6O4S/c1-29-17-10-8-14(12-18(17)30-2)20(28)23-22-13-16-9-11-19(31-16)32-21-24-25-26-27(21)15-6-4-3-5-7-15/h3-13H,1-2H3,(H,23,28). The first-order valence-corrected chi connectivity index (χ1v) is 10.2. The van der Waals surface area contributed by atoms with Crippen molar-refractivity contribution in [2.75, 3.05) is 14.2 Å². The molecule has 162 valence electrons. The van der Waals surface area contributed by atoms with Gasteiger partial charge in [0, 0.05) is 5.56 Å². The summed E-state index contributed by atoms with van der Waals surface area (Å²) in [5, 5.41) is 16.9. The van der Waals surface area contributed by atoms with Gasteiger partial charge in [0.2, 0.25) is 5.16 Å². The van der Waals surface area contributed by atoms with Gasteiger partial charge in [0.1, 0.15) is 5.76 Å². The van der Waals surface area contributed by atoms with Crippen LogP contribution in [0.3, 0.4) is 0 Å². The molecule has 4 aromatic rings. The molecule has 0 radical (unpaired) electrons. The highest BCUT2D eigenvalue weighted by Gasteiger charge is 2.13. The highest BCUT2D eigenvalue weighted by molar-refractivity contribution is 7.99. The minimum atomic E-state index is -0.398. The Balaban J connectivity index is 1.39. The number of carbonyl (C=O) groups excluding carboxylic acids is 1. The zero-order valence-electron chi connectivity index (χ0n) is 17.1. The smallest absolute Gasteiger partial charge is 0.271 e. The maximum Gasteiger partial charge on any atom is 0.271 e. The van der Waals surface area contributed by atoms with Gasteiger partial charge in [-0.3, -0.25) is 4.79 Å². The monoisotopic (exact) mass is 450 g/mol. The molecule has 0 unspecified atom stereocenters. The van der Waals surface area contributed by atoms with Crippen LogP contribution in [-0.4, -0.2) is 46.5 Å². The lowest BCUT2D eigenvalue weighted by Gasteiger charge is -2.08. The van der Waals surface area contributed by atoms with Gasteiger partial charge >= 0.3 is 0 Å². The van der Waals surface area contributed by atoms with E-state index in [0.29, 0.717) is 33.1 Å². The van der Waals surface area contributed by atoms with Crippen LogP contribution < -0.4 is 14.9 Å². The second-order valence-corrected chi connectivity index (χ2v) is 7.21. The molecule has 0 bridgehead atoms. The number of hydrogen-bond donors (Lipinski definition) is 1. The maximum absolute atomic E-state index is 12.3. The van der Waals surface area contributed by atoms with Crippen molar-refractivity contribution in [3.05, 3.63) is 72.0 Å². The summed E-state index contributed by atoms with van der Waals surface area (Å²) in [6, 6.07) is 17.9. The molecule has 1 N–H and O–H groups in total. The topological polar surface area (TPSA) is 117 Å². The van der Waals surface area contributed by atoms with Crippen molar-refractivity contribution >= 4 is 23.9 Å². The molecule has 2 aromatic heterocycles. The van der Waals surface area contributed by atoms with Gasteiger partial charge in [-0.15, -0.1) is 5.10 Å². The van der Waals surface area contributed by atoms with Gasteiger partial charge in [0.25, 0.3) is 5.91 Å². The number of nitrogens with zero attached hydrogens (tertiary/aromatic N) is 5. The number of furan rings is 1. The zero-order valence-corrected chi connectivity index (χ0v) is 17.9. The lowest BCUT2D eigenvalue weighted by Crippen LogP contribution is -2.17. The minimum absolute atomic E-state index is 0.378. The molecule has 0 spiro atoms. The predicted molar refractivity (Wildman–Crippen MR) is 117 cm³/mol. The van der Waals surface area contributed by atoms with E-state index in [9.17, 15) is 4.79 Å². The van der Waals surface area contributed by atoms with Crippen LogP contribution in [0, 0.1) is 0 Å². The lowest BCUT2D eigenvalue weighted by atomic mass is 10.2. The summed E-state index contributed by atoms with van der Waals surface area (Å²) < 4.78 is 17.7. The van der Waals surface area contributed by atoms with Crippen molar-refractivity contribution in [2.45, 2.75) is 10.2 Å². The summed E-state index contributed by atoms with van der Waals surface area (Å²) in [5.74, 6) is 1.05. The van der Waals surface area contributed by atoms with E-state index in [0.717, 1.165) is 5.69 Å². The quantitative estimate of drug-likeness (QED) is 0.321. The molecule has 0 atom stereocenters. The van der Waals surface area contributed by atoms with Crippen molar-refractivity contribution in [2.24, 2.45) is 5.10 Å². The largest absolute Gasteiger partial charge is 0.493 e. The summed E-state index contributed by atoms with van der Waals surface area (Å²) in [6.07, 6.45) is 1.41. The molecule has 11 heteroatoms. The van der Waals surface area contributed by atoms with Crippen molar-refractivity contribution < 1.29 is 18.7 Å². The number of rotatable bonds is 8. The van der Waals surface area contributed by atoms with Crippen LogP contribution in [0.5, 0.6) is 11.5 Å². The normalized spacial score (nSPS) is 10.9. The minimum Gasteiger partial charge on any atom is -0.493 e. The SMILES string of the molecule is COc1ccc(C(=O)NN=Cc2ccc(Sc3nnnn3-c3ccccc3)o2)cc1OC. The van der Waals surface area contributed by atoms with E-state index in [2.05, 4.69) is 26.1 Å². The Labute approximate surface area is 187 Å². The van der Waals surface area contributed by atoms with E-state index in [-0.39, 0.29) is 0 Å². The first kappa shape index (κ1) is 21.1. The summed E-state index contributed by atoms with van der Waals surface area (Å²) in [7, 11) is 3.03. The Morgan fingerprint density at radius 1 is 1.09 bits per heavy atom. The summed E-state index contributed by atoms with van der Waals surface area (Å²) in [4.78, 5) is 12.3. The van der Waals surface area contributed by atoms with Crippen LogP contribution in [0.4, 0.5) is 0 Å². The highest BCUT2D eigenvalue weighted by Crippen LogP contribution is 2.29. The fourth-order valence-electron chi connectivity index (χ4n) is 2.72. The molecular weight excluding hydrogens is 432 g/mol. The van der Waals surface area contributed by atoms with E-state index in [1.807, 2.05) is 30.3 Å². The molecule has 2 aromatic carbocycles. The number of hydrogen-bond acceptors (Lipinski definition) is 9. The Morgan fingerprint density at radius 2 is 1.91 bits per heavy atom. The summed E-state index contributed by atoms with van der Waals surface area (Å²) >= 11 is 1.27. The van der Waals surface area contributed by atoms with E-state index in [4.69, 9.17) is 13.9 Å². The van der Waals surface area contributed by atoms with Crippen molar-refractivity contribution in [1.29, 1.82) is 0 Å². The molecule has 0 aliphatic heterocycles. The van der Waals surface area contributed by atoms with Crippen LogP contribution in [0.2, 0.25) is 0 Å². The molecule has 0 fully saturated rings. The van der Waals surface area contributed by atoms with E-state index < -0.39 is 5.91 Å². The fraction of sp³-hybridized carbons (Fsp3) is 0.0952. The Bertz CT molecular complexity index is 1240. The third kappa shape index (κ3) is 4.78.